The van der Waals surface area contributed by atoms with Crippen LogP contribution in [0.4, 0.5) is 19.0 Å². The van der Waals surface area contributed by atoms with Crippen molar-refractivity contribution < 1.29 is 13.2 Å². The van der Waals surface area contributed by atoms with Gasteiger partial charge in [0.25, 0.3) is 0 Å². The van der Waals surface area contributed by atoms with Gasteiger partial charge in [0.15, 0.2) is 0 Å². The van der Waals surface area contributed by atoms with Gasteiger partial charge in [0.1, 0.15) is 5.82 Å². The normalized spacial score (nSPS) is 11.8. The monoisotopic (exact) mass is 290 g/mol. The molecule has 0 amide bonds. The highest BCUT2D eigenvalue weighted by Crippen LogP contribution is 2.31. The van der Waals surface area contributed by atoms with Crippen LogP contribution >= 0.6 is 0 Å². The second kappa shape index (κ2) is 4.69. The lowest BCUT2D eigenvalue weighted by molar-refractivity contribution is -0.137. The lowest BCUT2D eigenvalue weighted by Crippen LogP contribution is -2.05. The molecule has 7 heteroatoms. The van der Waals surface area contributed by atoms with Gasteiger partial charge >= 0.3 is 6.18 Å². The number of aromatic nitrogens is 3. The van der Waals surface area contributed by atoms with Crippen molar-refractivity contribution in [1.29, 1.82) is 0 Å². The summed E-state index contributed by atoms with van der Waals surface area (Å²) in [6.07, 6.45) is -0.582. The molecule has 0 fully saturated rings. The third kappa shape index (κ3) is 2.37. The van der Waals surface area contributed by atoms with Gasteiger partial charge in [0.05, 0.1) is 16.8 Å². The first kappa shape index (κ1) is 13.3. The maximum absolute atomic E-state index is 12.5. The summed E-state index contributed by atoms with van der Waals surface area (Å²) < 4.78 is 37.6. The Morgan fingerprint density at radius 2 is 1.76 bits per heavy atom. The number of rotatable bonds is 1. The molecule has 0 aliphatic carbocycles. The molecule has 3 heterocycles. The van der Waals surface area contributed by atoms with E-state index in [-0.39, 0.29) is 0 Å². The van der Waals surface area contributed by atoms with Crippen LogP contribution in [0.1, 0.15) is 5.56 Å². The fourth-order valence-corrected chi connectivity index (χ4v) is 2.00. The van der Waals surface area contributed by atoms with Gasteiger partial charge in [-0.2, -0.15) is 13.2 Å². The zero-order chi connectivity index (χ0) is 15.0. The molecule has 0 aromatic carbocycles. The number of hydrogen-bond acceptors (Lipinski definition) is 4. The fourth-order valence-electron chi connectivity index (χ4n) is 2.00. The molecule has 0 saturated heterocycles. The van der Waals surface area contributed by atoms with E-state index in [1.807, 2.05) is 0 Å². The zero-order valence-corrected chi connectivity index (χ0v) is 10.6. The molecule has 3 aromatic rings. The summed E-state index contributed by atoms with van der Waals surface area (Å²) >= 11 is 0. The molecule has 106 valence electrons. The van der Waals surface area contributed by atoms with Crippen molar-refractivity contribution >= 4 is 16.7 Å². The first-order valence-electron chi connectivity index (χ1n) is 5.99. The summed E-state index contributed by atoms with van der Waals surface area (Å²) in [6.45, 7) is 0. The standard InChI is InChI=1S/C14H9F3N4/c15-14(16,17)8-3-4-11(20-6-8)10-7-21-13(18)9-2-1-5-19-12(9)10/h1-7H,(H2,18,21). The number of nitrogen functional groups attached to an aromatic ring is 1. The zero-order valence-electron chi connectivity index (χ0n) is 10.6. The van der Waals surface area contributed by atoms with E-state index < -0.39 is 11.7 Å². The summed E-state index contributed by atoms with van der Waals surface area (Å²) in [5.74, 6) is 0.314. The maximum atomic E-state index is 12.5. The molecule has 0 unspecified atom stereocenters. The van der Waals surface area contributed by atoms with E-state index in [4.69, 9.17) is 5.73 Å². The second-order valence-corrected chi connectivity index (χ2v) is 4.39. The van der Waals surface area contributed by atoms with Crippen molar-refractivity contribution in [3.8, 4) is 11.3 Å². The highest BCUT2D eigenvalue weighted by molar-refractivity contribution is 5.97. The molecule has 0 spiro atoms. The number of fused-ring (bicyclic) bond motifs is 1. The second-order valence-electron chi connectivity index (χ2n) is 4.39. The average molecular weight is 290 g/mol. The lowest BCUT2D eigenvalue weighted by atomic mass is 10.1. The predicted molar refractivity (Wildman–Crippen MR) is 72.2 cm³/mol. The molecule has 3 rings (SSSR count). The molecule has 21 heavy (non-hydrogen) atoms. The number of anilines is 1. The highest BCUT2D eigenvalue weighted by atomic mass is 19.4. The van der Waals surface area contributed by atoms with Crippen molar-refractivity contribution in [2.24, 2.45) is 0 Å². The Hall–Kier alpha value is -2.70. The molecule has 0 atom stereocenters. The van der Waals surface area contributed by atoms with Crippen LogP contribution in [-0.4, -0.2) is 15.0 Å². The molecule has 0 aliphatic rings. The van der Waals surface area contributed by atoms with Crippen LogP contribution in [0.25, 0.3) is 22.2 Å². The smallest absolute Gasteiger partial charge is 0.383 e. The SMILES string of the molecule is Nc1ncc(-c2ccc(C(F)(F)F)cn2)c2ncccc12. The summed E-state index contributed by atoms with van der Waals surface area (Å²) in [7, 11) is 0. The van der Waals surface area contributed by atoms with Gasteiger partial charge in [-0.05, 0) is 24.3 Å². The van der Waals surface area contributed by atoms with Crippen molar-refractivity contribution in [3.05, 3.63) is 48.4 Å². The van der Waals surface area contributed by atoms with Gasteiger partial charge in [-0.1, -0.05) is 0 Å². The van der Waals surface area contributed by atoms with Gasteiger partial charge in [-0.3, -0.25) is 9.97 Å². The topological polar surface area (TPSA) is 64.7 Å². The van der Waals surface area contributed by atoms with E-state index in [1.54, 1.807) is 18.3 Å². The Morgan fingerprint density at radius 3 is 2.43 bits per heavy atom. The van der Waals surface area contributed by atoms with Crippen LogP contribution in [0, 0.1) is 0 Å². The molecule has 0 saturated carbocycles. The molecular weight excluding hydrogens is 281 g/mol. The van der Waals surface area contributed by atoms with Crippen molar-refractivity contribution in [2.75, 3.05) is 5.73 Å². The van der Waals surface area contributed by atoms with Gasteiger partial charge in [0, 0.05) is 29.5 Å². The quantitative estimate of drug-likeness (QED) is 0.747. The molecule has 0 radical (unpaired) electrons. The Bertz CT molecular complexity index is 797. The average Bonchev–Trinajstić information content (AvgIpc) is 2.47. The molecular formula is C14H9F3N4. The minimum atomic E-state index is -4.41. The minimum Gasteiger partial charge on any atom is -0.383 e. The first-order valence-corrected chi connectivity index (χ1v) is 5.99. The summed E-state index contributed by atoms with van der Waals surface area (Å²) in [4.78, 5) is 12.1. The van der Waals surface area contributed by atoms with Crippen LogP contribution < -0.4 is 5.73 Å². The Labute approximate surface area is 117 Å². The summed E-state index contributed by atoms with van der Waals surface area (Å²) in [5, 5.41) is 0.636. The van der Waals surface area contributed by atoms with Gasteiger partial charge in [-0.15, -0.1) is 0 Å². The van der Waals surface area contributed by atoms with Crippen molar-refractivity contribution in [2.45, 2.75) is 6.18 Å². The molecule has 0 bridgehead atoms. The van der Waals surface area contributed by atoms with Crippen LogP contribution in [0.2, 0.25) is 0 Å². The molecule has 0 aliphatic heterocycles. The van der Waals surface area contributed by atoms with E-state index >= 15 is 0 Å². The Kier molecular flexibility index (Phi) is 2.97. The van der Waals surface area contributed by atoms with E-state index in [1.165, 1.54) is 12.3 Å². The van der Waals surface area contributed by atoms with E-state index in [0.717, 1.165) is 12.3 Å². The number of nitrogens with zero attached hydrogens (tertiary/aromatic N) is 3. The number of nitrogens with two attached hydrogens (primary N) is 1. The number of pyridine rings is 3. The third-order valence-electron chi connectivity index (χ3n) is 3.04. The number of alkyl halides is 3. The Morgan fingerprint density at radius 1 is 0.952 bits per heavy atom. The fraction of sp³-hybridized carbons (Fsp3) is 0.0714. The van der Waals surface area contributed by atoms with Crippen molar-refractivity contribution in [3.63, 3.8) is 0 Å². The van der Waals surface area contributed by atoms with Gasteiger partial charge < -0.3 is 5.73 Å². The molecule has 4 nitrogen and oxygen atoms in total. The minimum absolute atomic E-state index is 0.314. The molecule has 3 aromatic heterocycles. The van der Waals surface area contributed by atoms with Crippen molar-refractivity contribution in [1.82, 2.24) is 15.0 Å². The van der Waals surface area contributed by atoms with Crippen LogP contribution in [0.3, 0.4) is 0 Å². The predicted octanol–water partition coefficient (Wildman–Crippen LogP) is 3.29. The van der Waals surface area contributed by atoms with Crippen LogP contribution in [-0.2, 0) is 6.18 Å². The van der Waals surface area contributed by atoms with Gasteiger partial charge in [0.2, 0.25) is 0 Å². The van der Waals surface area contributed by atoms with Crippen LogP contribution in [0.5, 0.6) is 0 Å². The van der Waals surface area contributed by atoms with E-state index in [9.17, 15) is 13.2 Å². The van der Waals surface area contributed by atoms with E-state index in [2.05, 4.69) is 15.0 Å². The highest BCUT2D eigenvalue weighted by Gasteiger charge is 2.30. The Balaban J connectivity index is 2.15. The number of hydrogen-bond donors (Lipinski definition) is 1. The molecule has 2 N–H and O–H groups in total. The van der Waals surface area contributed by atoms with E-state index in [0.29, 0.717) is 28.0 Å². The number of halogens is 3. The summed E-state index contributed by atoms with van der Waals surface area (Å²) in [6, 6.07) is 5.74. The van der Waals surface area contributed by atoms with Gasteiger partial charge in [-0.25, -0.2) is 4.98 Å². The van der Waals surface area contributed by atoms with Crippen LogP contribution in [0.15, 0.2) is 42.9 Å². The lowest BCUT2D eigenvalue weighted by Gasteiger charge is -2.09. The maximum Gasteiger partial charge on any atom is 0.417 e. The largest absolute Gasteiger partial charge is 0.417 e. The third-order valence-corrected chi connectivity index (χ3v) is 3.04. The first-order chi connectivity index (χ1) is 9.97. The summed E-state index contributed by atoms with van der Waals surface area (Å²) in [5.41, 5.74) is 6.41.